The maximum atomic E-state index is 13.2. The Labute approximate surface area is 188 Å². The van der Waals surface area contributed by atoms with Gasteiger partial charge in [-0.2, -0.15) is 0 Å². The molecule has 0 aromatic heterocycles. The van der Waals surface area contributed by atoms with Crippen LogP contribution in [0.15, 0.2) is 51.6 Å². The topological polar surface area (TPSA) is 62.2 Å². The normalized spacial score (nSPS) is 20.7. The SMILES string of the molecule is CC1=C(C(=O)OC(C)C)[C@@H](c2ccccc2C)N2C(CC(=O)N3CCCC3)=CSC2=N1. The standard InChI is InChI=1S/C24H29N3O3S/c1-15(2)30-23(29)21-17(4)25-24-27(22(21)19-10-6-5-9-16(19)3)18(14-31-24)13-20(28)26-11-7-8-12-26/h5-6,9-10,14-15,22H,7-8,11-13H2,1-4H3/t22-/m1/s1. The summed E-state index contributed by atoms with van der Waals surface area (Å²) >= 11 is 1.51. The Kier molecular flexibility index (Phi) is 6.23. The quantitative estimate of drug-likeness (QED) is 0.631. The Balaban J connectivity index is 1.73. The number of thioether (sulfide) groups is 1. The van der Waals surface area contributed by atoms with Crippen LogP contribution in [0.25, 0.3) is 0 Å². The number of amides is 1. The summed E-state index contributed by atoms with van der Waals surface area (Å²) in [6, 6.07) is 7.69. The molecule has 1 aromatic carbocycles. The van der Waals surface area contributed by atoms with E-state index in [4.69, 9.17) is 9.73 Å². The molecule has 1 saturated heterocycles. The number of fused-ring (bicyclic) bond motifs is 1. The van der Waals surface area contributed by atoms with E-state index in [9.17, 15) is 9.59 Å². The number of carbonyl (C=O) groups excluding carboxylic acids is 2. The fourth-order valence-electron chi connectivity index (χ4n) is 4.33. The highest BCUT2D eigenvalue weighted by atomic mass is 32.2. The van der Waals surface area contributed by atoms with Gasteiger partial charge in [0.1, 0.15) is 0 Å². The predicted molar refractivity (Wildman–Crippen MR) is 123 cm³/mol. The first kappa shape index (κ1) is 21.7. The predicted octanol–water partition coefficient (Wildman–Crippen LogP) is 4.53. The largest absolute Gasteiger partial charge is 0.459 e. The summed E-state index contributed by atoms with van der Waals surface area (Å²) in [4.78, 5) is 34.8. The molecule has 4 rings (SSSR count). The number of likely N-dealkylation sites (tertiary alicyclic amines) is 1. The van der Waals surface area contributed by atoms with Crippen LogP contribution in [0.5, 0.6) is 0 Å². The lowest BCUT2D eigenvalue weighted by Crippen LogP contribution is -2.39. The van der Waals surface area contributed by atoms with Crippen molar-refractivity contribution in [2.75, 3.05) is 13.1 Å². The van der Waals surface area contributed by atoms with Gasteiger partial charge in [-0.05, 0) is 57.1 Å². The van der Waals surface area contributed by atoms with Crippen LogP contribution in [-0.2, 0) is 14.3 Å². The Morgan fingerprint density at radius 3 is 2.58 bits per heavy atom. The average Bonchev–Trinajstić information content (AvgIpc) is 3.37. The minimum absolute atomic E-state index is 0.131. The van der Waals surface area contributed by atoms with Gasteiger partial charge in [0, 0.05) is 18.8 Å². The van der Waals surface area contributed by atoms with Crippen molar-refractivity contribution in [2.24, 2.45) is 4.99 Å². The van der Waals surface area contributed by atoms with Crippen molar-refractivity contribution in [3.63, 3.8) is 0 Å². The molecule has 3 aliphatic heterocycles. The van der Waals surface area contributed by atoms with Crippen LogP contribution in [-0.4, -0.2) is 46.0 Å². The molecule has 3 aliphatic rings. The number of aryl methyl sites for hydroxylation is 1. The van der Waals surface area contributed by atoms with E-state index >= 15 is 0 Å². The van der Waals surface area contributed by atoms with E-state index in [1.54, 1.807) is 0 Å². The Hall–Kier alpha value is -2.54. The van der Waals surface area contributed by atoms with E-state index < -0.39 is 0 Å². The van der Waals surface area contributed by atoms with Crippen molar-refractivity contribution in [1.29, 1.82) is 0 Å². The maximum absolute atomic E-state index is 13.2. The van der Waals surface area contributed by atoms with Gasteiger partial charge >= 0.3 is 5.97 Å². The summed E-state index contributed by atoms with van der Waals surface area (Å²) in [6.07, 6.45) is 2.21. The van der Waals surface area contributed by atoms with Gasteiger partial charge in [0.25, 0.3) is 0 Å². The first-order valence-corrected chi connectivity index (χ1v) is 11.7. The number of aliphatic imine (C=N–C) groups is 1. The summed E-state index contributed by atoms with van der Waals surface area (Å²) < 4.78 is 5.60. The van der Waals surface area contributed by atoms with Crippen molar-refractivity contribution in [1.82, 2.24) is 9.80 Å². The van der Waals surface area contributed by atoms with Gasteiger partial charge < -0.3 is 14.5 Å². The van der Waals surface area contributed by atoms with E-state index in [2.05, 4.69) is 4.90 Å². The molecule has 164 valence electrons. The van der Waals surface area contributed by atoms with Crippen molar-refractivity contribution < 1.29 is 14.3 Å². The summed E-state index contributed by atoms with van der Waals surface area (Å²) in [5, 5.41) is 2.80. The van der Waals surface area contributed by atoms with Crippen LogP contribution >= 0.6 is 11.8 Å². The molecule has 3 heterocycles. The fourth-order valence-corrected chi connectivity index (χ4v) is 5.29. The van der Waals surface area contributed by atoms with Crippen LogP contribution in [0.1, 0.15) is 57.2 Å². The minimum atomic E-state index is -0.368. The Morgan fingerprint density at radius 1 is 1.19 bits per heavy atom. The lowest BCUT2D eigenvalue weighted by Gasteiger charge is -2.37. The third kappa shape index (κ3) is 4.28. The molecule has 0 saturated carbocycles. The minimum Gasteiger partial charge on any atom is -0.459 e. The van der Waals surface area contributed by atoms with Crippen molar-refractivity contribution >= 4 is 28.8 Å². The fraction of sp³-hybridized carbons (Fsp3) is 0.458. The van der Waals surface area contributed by atoms with Crippen LogP contribution in [0.2, 0.25) is 0 Å². The molecular weight excluding hydrogens is 410 g/mol. The van der Waals surface area contributed by atoms with Crippen molar-refractivity contribution in [3.05, 3.63) is 57.8 Å². The zero-order valence-electron chi connectivity index (χ0n) is 18.6. The summed E-state index contributed by atoms with van der Waals surface area (Å²) in [5.74, 6) is -0.225. The summed E-state index contributed by atoms with van der Waals surface area (Å²) in [7, 11) is 0. The van der Waals surface area contributed by atoms with Crippen LogP contribution in [0, 0.1) is 6.92 Å². The van der Waals surface area contributed by atoms with Crippen molar-refractivity contribution in [2.45, 2.75) is 59.1 Å². The molecule has 31 heavy (non-hydrogen) atoms. The van der Waals surface area contributed by atoms with Gasteiger partial charge in [0.2, 0.25) is 5.91 Å². The number of esters is 1. The second kappa shape index (κ2) is 8.91. The highest BCUT2D eigenvalue weighted by Crippen LogP contribution is 2.45. The first-order chi connectivity index (χ1) is 14.9. The van der Waals surface area contributed by atoms with Gasteiger partial charge in [-0.25, -0.2) is 9.79 Å². The molecule has 0 unspecified atom stereocenters. The number of hydrogen-bond acceptors (Lipinski definition) is 6. The number of nitrogens with zero attached hydrogens (tertiary/aromatic N) is 3. The zero-order valence-corrected chi connectivity index (χ0v) is 19.4. The number of benzene rings is 1. The highest BCUT2D eigenvalue weighted by molar-refractivity contribution is 8.16. The second-order valence-corrected chi connectivity index (χ2v) is 9.30. The van der Waals surface area contributed by atoms with Gasteiger partial charge in [0.15, 0.2) is 5.17 Å². The van der Waals surface area contributed by atoms with E-state index in [-0.39, 0.29) is 24.0 Å². The van der Waals surface area contributed by atoms with Gasteiger partial charge in [-0.1, -0.05) is 36.0 Å². The smallest absolute Gasteiger partial charge is 0.338 e. The monoisotopic (exact) mass is 439 g/mol. The number of amidine groups is 1. The molecule has 1 fully saturated rings. The number of ether oxygens (including phenoxy) is 1. The molecule has 6 nitrogen and oxygen atoms in total. The lowest BCUT2D eigenvalue weighted by atomic mass is 9.91. The lowest BCUT2D eigenvalue weighted by molar-refractivity contribution is -0.143. The number of carbonyl (C=O) groups is 2. The number of hydrogen-bond donors (Lipinski definition) is 0. The molecule has 0 bridgehead atoms. The summed E-state index contributed by atoms with van der Waals surface area (Å²) in [6.45, 7) is 9.25. The third-order valence-corrected chi connectivity index (χ3v) is 6.73. The maximum Gasteiger partial charge on any atom is 0.338 e. The van der Waals surface area contributed by atoms with Crippen LogP contribution in [0.3, 0.4) is 0 Å². The Bertz CT molecular complexity index is 990. The van der Waals surface area contributed by atoms with E-state index in [1.807, 2.05) is 62.3 Å². The first-order valence-electron chi connectivity index (χ1n) is 10.9. The molecule has 1 amide bonds. The van der Waals surface area contributed by atoms with Gasteiger partial charge in [-0.3, -0.25) is 4.79 Å². The molecule has 0 spiro atoms. The van der Waals surface area contributed by atoms with Crippen LogP contribution < -0.4 is 0 Å². The van der Waals surface area contributed by atoms with Gasteiger partial charge in [0.05, 0.1) is 29.8 Å². The van der Waals surface area contributed by atoms with Crippen molar-refractivity contribution in [3.8, 4) is 0 Å². The Morgan fingerprint density at radius 2 is 1.90 bits per heavy atom. The highest BCUT2D eigenvalue weighted by Gasteiger charge is 2.42. The zero-order chi connectivity index (χ0) is 22.1. The molecule has 0 N–H and O–H groups in total. The molecule has 0 radical (unpaired) electrons. The molecule has 0 aliphatic carbocycles. The van der Waals surface area contributed by atoms with E-state index in [0.717, 1.165) is 47.9 Å². The van der Waals surface area contributed by atoms with Crippen LogP contribution in [0.4, 0.5) is 0 Å². The number of rotatable bonds is 5. The molecule has 1 aromatic rings. The third-order valence-electron chi connectivity index (χ3n) is 5.84. The van der Waals surface area contributed by atoms with Gasteiger partial charge in [-0.15, -0.1) is 0 Å². The number of allylic oxidation sites excluding steroid dienone is 1. The molecule has 1 atom stereocenters. The average molecular weight is 440 g/mol. The van der Waals surface area contributed by atoms with E-state index in [0.29, 0.717) is 17.7 Å². The molecular formula is C24H29N3O3S. The second-order valence-electron chi connectivity index (χ2n) is 8.47. The van der Waals surface area contributed by atoms with E-state index in [1.165, 1.54) is 11.8 Å². The molecule has 7 heteroatoms. The summed E-state index contributed by atoms with van der Waals surface area (Å²) in [5.41, 5.74) is 4.19.